The number of nitrogens with zero attached hydrogens (tertiary/aromatic N) is 3. The van der Waals surface area contributed by atoms with Crippen LogP contribution in [-0.4, -0.2) is 22.7 Å². The smallest absolute Gasteiger partial charge is 0.269 e. The van der Waals surface area contributed by atoms with E-state index in [2.05, 4.69) is 22.4 Å². The average Bonchev–Trinajstić information content (AvgIpc) is 3.23. The molecule has 0 bridgehead atoms. The van der Waals surface area contributed by atoms with Gasteiger partial charge in [0.05, 0.1) is 23.4 Å². The monoisotopic (exact) mass is 424 g/mol. The first-order chi connectivity index (χ1) is 14.7. The van der Waals surface area contributed by atoms with Crippen molar-refractivity contribution < 1.29 is 9.66 Å². The fourth-order valence-electron chi connectivity index (χ4n) is 2.80. The maximum atomic E-state index is 10.8. The van der Waals surface area contributed by atoms with Crippen molar-refractivity contribution in [3.05, 3.63) is 69.6 Å². The van der Waals surface area contributed by atoms with Crippen LogP contribution in [0.25, 0.3) is 11.3 Å². The molecule has 0 saturated carbocycles. The molecule has 0 fully saturated rings. The number of anilines is 1. The number of ether oxygens (including phenoxy) is 1. The number of para-hydroxylation sites is 1. The summed E-state index contributed by atoms with van der Waals surface area (Å²) in [6.45, 7) is 2.89. The van der Waals surface area contributed by atoms with Gasteiger partial charge in [0.1, 0.15) is 5.75 Å². The van der Waals surface area contributed by atoms with E-state index >= 15 is 0 Å². The Hall–Kier alpha value is -3.26. The largest absolute Gasteiger partial charge is 0.493 e. The van der Waals surface area contributed by atoms with Gasteiger partial charge in [0.15, 0.2) is 0 Å². The Labute approximate surface area is 179 Å². The lowest BCUT2D eigenvalue weighted by Gasteiger charge is -2.08. The molecule has 0 radical (unpaired) electrons. The third-order valence-corrected chi connectivity index (χ3v) is 5.16. The predicted molar refractivity (Wildman–Crippen MR) is 122 cm³/mol. The van der Waals surface area contributed by atoms with Crippen molar-refractivity contribution in [1.82, 2.24) is 4.98 Å². The van der Waals surface area contributed by atoms with Gasteiger partial charge >= 0.3 is 0 Å². The van der Waals surface area contributed by atoms with Gasteiger partial charge in [-0.1, -0.05) is 38.3 Å². The van der Waals surface area contributed by atoms with Crippen molar-refractivity contribution in [3.63, 3.8) is 0 Å². The zero-order valence-corrected chi connectivity index (χ0v) is 17.6. The van der Waals surface area contributed by atoms with Crippen LogP contribution in [0.15, 0.2) is 59.0 Å². The van der Waals surface area contributed by atoms with Crippen molar-refractivity contribution in [1.29, 1.82) is 0 Å². The Kier molecular flexibility index (Phi) is 7.91. The Balaban J connectivity index is 1.58. The fraction of sp³-hybridized carbons (Fsp3) is 0.273. The Morgan fingerprint density at radius 1 is 1.17 bits per heavy atom. The molecule has 0 saturated heterocycles. The number of aromatic nitrogens is 1. The number of thiazole rings is 1. The molecule has 3 rings (SSSR count). The summed E-state index contributed by atoms with van der Waals surface area (Å²) < 4.78 is 5.89. The first kappa shape index (κ1) is 21.4. The van der Waals surface area contributed by atoms with E-state index < -0.39 is 4.92 Å². The van der Waals surface area contributed by atoms with Gasteiger partial charge in [-0.3, -0.25) is 15.5 Å². The third kappa shape index (κ3) is 6.12. The summed E-state index contributed by atoms with van der Waals surface area (Å²) in [6.07, 6.45) is 6.37. The van der Waals surface area contributed by atoms with Gasteiger partial charge in [0.25, 0.3) is 5.69 Å². The molecule has 0 unspecified atom stereocenters. The number of hydrazone groups is 1. The molecule has 2 aromatic carbocycles. The lowest BCUT2D eigenvalue weighted by atomic mass is 10.1. The van der Waals surface area contributed by atoms with Gasteiger partial charge in [0, 0.05) is 28.6 Å². The molecule has 1 N–H and O–H groups in total. The van der Waals surface area contributed by atoms with Gasteiger partial charge < -0.3 is 4.74 Å². The van der Waals surface area contributed by atoms with E-state index in [1.807, 2.05) is 29.6 Å². The topological polar surface area (TPSA) is 89.7 Å². The van der Waals surface area contributed by atoms with Crippen molar-refractivity contribution in [2.24, 2.45) is 5.10 Å². The van der Waals surface area contributed by atoms with E-state index in [0.29, 0.717) is 11.7 Å². The van der Waals surface area contributed by atoms with Crippen molar-refractivity contribution in [2.45, 2.75) is 32.6 Å². The molecule has 0 atom stereocenters. The molecule has 30 heavy (non-hydrogen) atoms. The zero-order valence-electron chi connectivity index (χ0n) is 16.8. The molecular formula is C22H24N4O3S. The summed E-state index contributed by atoms with van der Waals surface area (Å²) in [4.78, 5) is 14.8. The number of unbranched alkanes of at least 4 members (excludes halogenated alkanes) is 3. The highest BCUT2D eigenvalue weighted by molar-refractivity contribution is 7.14. The van der Waals surface area contributed by atoms with Crippen molar-refractivity contribution >= 4 is 28.4 Å². The standard InChI is InChI=1S/C22H24N4O3S/c1-2-3-4-7-14-29-21-9-6-5-8-18(21)15-23-25-22-24-20(16-30-22)17-10-12-19(13-11-17)26(27)28/h5-6,8-13,15-16H,2-4,7,14H2,1H3,(H,24,25)/b23-15+. The van der Waals surface area contributed by atoms with Crippen LogP contribution >= 0.6 is 11.3 Å². The minimum Gasteiger partial charge on any atom is -0.493 e. The Morgan fingerprint density at radius 3 is 2.73 bits per heavy atom. The second-order valence-corrected chi connectivity index (χ2v) is 7.52. The van der Waals surface area contributed by atoms with Crippen LogP contribution in [0, 0.1) is 10.1 Å². The molecule has 1 heterocycles. The molecular weight excluding hydrogens is 400 g/mol. The maximum Gasteiger partial charge on any atom is 0.269 e. The van der Waals surface area contributed by atoms with Gasteiger partial charge in [-0.15, -0.1) is 11.3 Å². The number of nitro groups is 1. The third-order valence-electron chi connectivity index (χ3n) is 4.42. The number of nitro benzene ring substituents is 1. The highest BCUT2D eigenvalue weighted by atomic mass is 32.1. The van der Waals surface area contributed by atoms with Gasteiger partial charge in [0.2, 0.25) is 5.13 Å². The number of non-ortho nitro benzene ring substituents is 1. The molecule has 3 aromatic rings. The minimum atomic E-state index is -0.417. The van der Waals surface area contributed by atoms with E-state index in [0.717, 1.165) is 29.0 Å². The zero-order chi connectivity index (χ0) is 21.2. The average molecular weight is 425 g/mol. The molecule has 0 aliphatic rings. The van der Waals surface area contributed by atoms with E-state index in [9.17, 15) is 10.1 Å². The second kappa shape index (κ2) is 11.1. The van der Waals surface area contributed by atoms with Gasteiger partial charge in [-0.2, -0.15) is 5.10 Å². The molecule has 7 nitrogen and oxygen atoms in total. The molecule has 0 aliphatic heterocycles. The van der Waals surface area contributed by atoms with E-state index in [-0.39, 0.29) is 5.69 Å². The van der Waals surface area contributed by atoms with Crippen LogP contribution in [0.4, 0.5) is 10.8 Å². The molecule has 1 aromatic heterocycles. The van der Waals surface area contributed by atoms with Crippen LogP contribution in [0.5, 0.6) is 5.75 Å². The number of nitrogens with one attached hydrogen (secondary N) is 1. The Morgan fingerprint density at radius 2 is 1.97 bits per heavy atom. The summed E-state index contributed by atoms with van der Waals surface area (Å²) in [6, 6.07) is 14.1. The quantitative estimate of drug-likeness (QED) is 0.173. The fourth-order valence-corrected chi connectivity index (χ4v) is 3.47. The van der Waals surface area contributed by atoms with Crippen LogP contribution < -0.4 is 10.2 Å². The highest BCUT2D eigenvalue weighted by Gasteiger charge is 2.08. The normalized spacial score (nSPS) is 11.0. The number of hydrogen-bond donors (Lipinski definition) is 1. The van der Waals surface area contributed by atoms with Crippen molar-refractivity contribution in [2.75, 3.05) is 12.0 Å². The maximum absolute atomic E-state index is 10.8. The molecule has 8 heteroatoms. The van der Waals surface area contributed by atoms with Crippen LogP contribution in [0.2, 0.25) is 0 Å². The minimum absolute atomic E-state index is 0.0585. The first-order valence-corrected chi connectivity index (χ1v) is 10.8. The first-order valence-electron chi connectivity index (χ1n) is 9.88. The van der Waals surface area contributed by atoms with E-state index in [1.165, 1.54) is 42.7 Å². The molecule has 156 valence electrons. The highest BCUT2D eigenvalue weighted by Crippen LogP contribution is 2.26. The summed E-state index contributed by atoms with van der Waals surface area (Å²) in [5, 5.41) is 17.6. The summed E-state index contributed by atoms with van der Waals surface area (Å²) in [5.41, 5.74) is 5.45. The summed E-state index contributed by atoms with van der Waals surface area (Å²) >= 11 is 1.41. The lowest BCUT2D eigenvalue weighted by Crippen LogP contribution is -2.00. The lowest BCUT2D eigenvalue weighted by molar-refractivity contribution is -0.384. The van der Waals surface area contributed by atoms with Crippen LogP contribution in [0.1, 0.15) is 38.2 Å². The van der Waals surface area contributed by atoms with Gasteiger partial charge in [-0.05, 0) is 30.7 Å². The molecule has 0 aliphatic carbocycles. The van der Waals surface area contributed by atoms with Crippen LogP contribution in [0.3, 0.4) is 0 Å². The molecule has 0 spiro atoms. The van der Waals surface area contributed by atoms with Crippen LogP contribution in [-0.2, 0) is 0 Å². The summed E-state index contributed by atoms with van der Waals surface area (Å²) in [7, 11) is 0. The Bertz CT molecular complexity index is 986. The molecule has 0 amide bonds. The summed E-state index contributed by atoms with van der Waals surface area (Å²) in [5.74, 6) is 0.810. The second-order valence-electron chi connectivity index (χ2n) is 6.66. The number of benzene rings is 2. The van der Waals surface area contributed by atoms with E-state index in [4.69, 9.17) is 4.74 Å². The van der Waals surface area contributed by atoms with Crippen molar-refractivity contribution in [3.8, 4) is 17.0 Å². The predicted octanol–water partition coefficient (Wildman–Crippen LogP) is 6.12. The number of rotatable bonds is 11. The number of hydrogen-bond acceptors (Lipinski definition) is 7. The van der Waals surface area contributed by atoms with E-state index in [1.54, 1.807) is 18.3 Å². The van der Waals surface area contributed by atoms with Gasteiger partial charge in [-0.25, -0.2) is 4.98 Å². The SMILES string of the molecule is CCCCCCOc1ccccc1/C=N/Nc1nc(-c2ccc([N+](=O)[O-])cc2)cs1.